The maximum absolute atomic E-state index is 13.3. The fraction of sp³-hybridized carbons (Fsp3) is 0.640. The van der Waals surface area contributed by atoms with Gasteiger partial charge in [0.2, 0.25) is 0 Å². The van der Waals surface area contributed by atoms with Gasteiger partial charge in [-0.15, -0.1) is 0 Å². The van der Waals surface area contributed by atoms with Crippen LogP contribution in [0.15, 0.2) is 15.3 Å². The highest BCUT2D eigenvalue weighted by Crippen LogP contribution is 2.61. The van der Waals surface area contributed by atoms with E-state index in [2.05, 4.69) is 13.8 Å². The van der Waals surface area contributed by atoms with Crippen molar-refractivity contribution in [1.29, 1.82) is 0 Å². The lowest BCUT2D eigenvalue weighted by Gasteiger charge is -2.36. The van der Waals surface area contributed by atoms with Crippen molar-refractivity contribution in [1.82, 2.24) is 0 Å². The van der Waals surface area contributed by atoms with Crippen LogP contribution in [0.3, 0.4) is 0 Å². The van der Waals surface area contributed by atoms with Gasteiger partial charge in [0.05, 0.1) is 43.5 Å². The van der Waals surface area contributed by atoms with Crippen molar-refractivity contribution in [3.05, 3.63) is 33.2 Å². The van der Waals surface area contributed by atoms with Crippen LogP contribution in [0.1, 0.15) is 64.3 Å². The molecular weight excluding hydrogens is 412 g/mol. The maximum Gasteiger partial charge on any atom is 0.340 e. The summed E-state index contributed by atoms with van der Waals surface area (Å²) >= 11 is 0. The van der Waals surface area contributed by atoms with Crippen LogP contribution in [0.5, 0.6) is 11.5 Å². The molecule has 4 atom stereocenters. The predicted octanol–water partition coefficient (Wildman–Crippen LogP) is 3.77. The summed E-state index contributed by atoms with van der Waals surface area (Å²) in [5, 5.41) is 0.760. The Bertz CT molecular complexity index is 1200. The molecule has 0 N–H and O–H groups in total. The van der Waals surface area contributed by atoms with Gasteiger partial charge in [-0.25, -0.2) is 4.79 Å². The fourth-order valence-electron chi connectivity index (χ4n) is 5.38. The summed E-state index contributed by atoms with van der Waals surface area (Å²) in [7, 11) is 1.64. The van der Waals surface area contributed by atoms with Crippen molar-refractivity contribution in [3.8, 4) is 11.5 Å². The third kappa shape index (κ3) is 2.68. The molecule has 3 fully saturated rings. The molecule has 0 spiro atoms. The Hall–Kier alpha value is -2.09. The minimum absolute atomic E-state index is 0.00234. The highest BCUT2D eigenvalue weighted by Gasteiger charge is 2.60. The zero-order chi connectivity index (χ0) is 22.8. The van der Waals surface area contributed by atoms with Gasteiger partial charge in [0, 0.05) is 22.0 Å². The van der Waals surface area contributed by atoms with E-state index in [1.807, 2.05) is 33.8 Å². The van der Waals surface area contributed by atoms with E-state index in [1.54, 1.807) is 7.11 Å². The van der Waals surface area contributed by atoms with Gasteiger partial charge in [0.1, 0.15) is 34.9 Å². The van der Waals surface area contributed by atoms with Crippen LogP contribution < -0.4 is 15.1 Å². The van der Waals surface area contributed by atoms with Crippen molar-refractivity contribution in [2.45, 2.75) is 82.4 Å². The molecule has 0 bridgehead atoms. The van der Waals surface area contributed by atoms with Gasteiger partial charge < -0.3 is 28.1 Å². The monoisotopic (exact) mass is 442 g/mol. The number of fused-ring (bicyclic) bond motifs is 4. The highest BCUT2D eigenvalue weighted by atomic mass is 16.6. The minimum atomic E-state index is -0.503. The van der Waals surface area contributed by atoms with E-state index < -0.39 is 16.4 Å². The standard InChI is InChI=1S/C25H30O7/c1-23(2,13-9-28-13)12-8-11-17(27-7)15-19(32-25(5,6)21-20(15)30-21)16(18(11)31-22(12)26)24(3,4)14-10-29-14/h8,13-14,20-21H,9-10H2,1-7H3. The van der Waals surface area contributed by atoms with E-state index >= 15 is 0 Å². The molecule has 172 valence electrons. The first-order valence-corrected chi connectivity index (χ1v) is 11.3. The Morgan fingerprint density at radius 3 is 2.28 bits per heavy atom. The van der Waals surface area contributed by atoms with Crippen LogP contribution in [0.2, 0.25) is 0 Å². The molecule has 7 nitrogen and oxygen atoms in total. The number of hydrogen-bond acceptors (Lipinski definition) is 7. The van der Waals surface area contributed by atoms with Crippen LogP contribution in [-0.4, -0.2) is 44.2 Å². The van der Waals surface area contributed by atoms with Crippen LogP contribution in [0, 0.1) is 0 Å². The third-order valence-corrected chi connectivity index (χ3v) is 7.78. The zero-order valence-electron chi connectivity index (χ0n) is 19.7. The van der Waals surface area contributed by atoms with Gasteiger partial charge in [-0.05, 0) is 19.9 Å². The summed E-state index contributed by atoms with van der Waals surface area (Å²) < 4.78 is 35.9. The van der Waals surface area contributed by atoms with Crippen LogP contribution in [0.25, 0.3) is 11.0 Å². The Morgan fingerprint density at radius 1 is 1.06 bits per heavy atom. The summed E-state index contributed by atoms with van der Waals surface area (Å²) in [6.07, 6.45) is -0.129. The lowest BCUT2D eigenvalue weighted by molar-refractivity contribution is 0.0694. The lowest BCUT2D eigenvalue weighted by Crippen LogP contribution is -2.40. The number of ether oxygens (including phenoxy) is 5. The first kappa shape index (κ1) is 20.5. The fourth-order valence-corrected chi connectivity index (χ4v) is 5.38. The van der Waals surface area contributed by atoms with Gasteiger partial charge in [0.25, 0.3) is 0 Å². The average Bonchev–Trinajstić information content (AvgIpc) is 3.54. The number of methoxy groups -OCH3 is 1. The molecule has 0 amide bonds. The summed E-state index contributed by atoms with van der Waals surface area (Å²) in [5.41, 5.74) is 1.06. The minimum Gasteiger partial charge on any atom is -0.495 e. The Morgan fingerprint density at radius 2 is 1.69 bits per heavy atom. The second-order valence-corrected chi connectivity index (χ2v) is 11.1. The highest BCUT2D eigenvalue weighted by molar-refractivity contribution is 5.93. The molecule has 4 unspecified atom stereocenters. The first-order valence-electron chi connectivity index (χ1n) is 11.3. The number of epoxide rings is 3. The molecule has 0 saturated carbocycles. The van der Waals surface area contributed by atoms with E-state index in [1.165, 1.54) is 0 Å². The first-order chi connectivity index (χ1) is 15.0. The third-order valence-electron chi connectivity index (χ3n) is 7.78. The molecule has 32 heavy (non-hydrogen) atoms. The van der Waals surface area contributed by atoms with Crippen LogP contribution in [-0.2, 0) is 25.0 Å². The molecule has 6 rings (SSSR count). The summed E-state index contributed by atoms with van der Waals surface area (Å²) in [6, 6.07) is 1.92. The maximum atomic E-state index is 13.3. The number of benzene rings is 1. The molecule has 1 aromatic heterocycles. The van der Waals surface area contributed by atoms with Gasteiger partial charge in [0.15, 0.2) is 0 Å². The largest absolute Gasteiger partial charge is 0.495 e. The van der Waals surface area contributed by atoms with Gasteiger partial charge in [-0.2, -0.15) is 0 Å². The van der Waals surface area contributed by atoms with E-state index in [0.717, 1.165) is 16.5 Å². The van der Waals surface area contributed by atoms with E-state index in [4.69, 9.17) is 28.1 Å². The van der Waals surface area contributed by atoms with Gasteiger partial charge in [-0.3, -0.25) is 0 Å². The Kier molecular flexibility index (Phi) is 3.89. The van der Waals surface area contributed by atoms with Crippen LogP contribution >= 0.6 is 0 Å². The van der Waals surface area contributed by atoms with Crippen molar-refractivity contribution in [3.63, 3.8) is 0 Å². The molecular formula is C25H30O7. The number of hydrogen-bond donors (Lipinski definition) is 0. The Balaban J connectivity index is 1.71. The van der Waals surface area contributed by atoms with E-state index in [-0.39, 0.29) is 30.0 Å². The van der Waals surface area contributed by atoms with Gasteiger partial charge in [-0.1, -0.05) is 27.7 Å². The molecule has 4 aliphatic heterocycles. The Labute approximate surface area is 186 Å². The molecule has 2 aromatic rings. The SMILES string of the molecule is COc1c2c(c(C(C)(C)C3CO3)c3oc(=O)c(C(C)(C)C4CO4)cc13)OC(C)(C)C1OC21. The summed E-state index contributed by atoms with van der Waals surface area (Å²) in [6.45, 7) is 13.6. The average molecular weight is 443 g/mol. The smallest absolute Gasteiger partial charge is 0.340 e. The normalized spacial score (nSPS) is 29.7. The molecule has 4 aliphatic rings. The topological polar surface area (TPSA) is 86.3 Å². The number of rotatable bonds is 5. The second kappa shape index (κ2) is 6.07. The van der Waals surface area contributed by atoms with Crippen molar-refractivity contribution in [2.75, 3.05) is 20.3 Å². The molecule has 1 aromatic carbocycles. The van der Waals surface area contributed by atoms with E-state index in [9.17, 15) is 4.79 Å². The molecule has 7 heteroatoms. The van der Waals surface area contributed by atoms with Crippen molar-refractivity contribution >= 4 is 11.0 Å². The summed E-state index contributed by atoms with van der Waals surface area (Å²) in [5.74, 6) is 1.34. The van der Waals surface area contributed by atoms with E-state index in [0.29, 0.717) is 35.9 Å². The summed E-state index contributed by atoms with van der Waals surface area (Å²) in [4.78, 5) is 13.3. The molecule has 0 radical (unpaired) electrons. The van der Waals surface area contributed by atoms with Crippen molar-refractivity contribution in [2.24, 2.45) is 0 Å². The molecule has 3 saturated heterocycles. The molecule has 5 heterocycles. The van der Waals surface area contributed by atoms with Gasteiger partial charge >= 0.3 is 5.63 Å². The van der Waals surface area contributed by atoms with Crippen molar-refractivity contribution < 1.29 is 28.1 Å². The molecule has 0 aliphatic carbocycles. The zero-order valence-corrected chi connectivity index (χ0v) is 19.7. The lowest BCUT2D eigenvalue weighted by atomic mass is 9.76. The quantitative estimate of drug-likeness (QED) is 0.515. The van der Waals surface area contributed by atoms with Crippen LogP contribution in [0.4, 0.5) is 0 Å². The predicted molar refractivity (Wildman–Crippen MR) is 117 cm³/mol. The second-order valence-electron chi connectivity index (χ2n) is 11.1.